The van der Waals surface area contributed by atoms with Gasteiger partial charge in [-0.3, -0.25) is 4.79 Å². The lowest BCUT2D eigenvalue weighted by Crippen LogP contribution is -2.29. The molecule has 52 heavy (non-hydrogen) atoms. The Morgan fingerprint density at radius 3 is 1.73 bits per heavy atom. The Hall–Kier alpha value is -3.07. The van der Waals surface area contributed by atoms with Crippen LogP contribution in [0.2, 0.25) is 0 Å². The summed E-state index contributed by atoms with van der Waals surface area (Å²) in [6.07, 6.45) is 22.6. The third-order valence-corrected chi connectivity index (χ3v) is 10.7. The van der Waals surface area contributed by atoms with Crippen molar-refractivity contribution in [2.24, 2.45) is 0 Å². The number of ether oxygens (including phenoxy) is 6. The van der Waals surface area contributed by atoms with Crippen LogP contribution in [0.3, 0.4) is 0 Å². The third-order valence-electron chi connectivity index (χ3n) is 10.7. The zero-order chi connectivity index (χ0) is 35.8. The largest absolute Gasteiger partial charge is 0.465 e. The van der Waals surface area contributed by atoms with Crippen LogP contribution in [-0.4, -0.2) is 43.3 Å². The minimum atomic E-state index is -0.474. The fraction of sp³-hybridized carbons (Fsp3) is 0.659. The second-order valence-electron chi connectivity index (χ2n) is 15.0. The van der Waals surface area contributed by atoms with Gasteiger partial charge in [0.25, 0.3) is 0 Å². The van der Waals surface area contributed by atoms with Crippen molar-refractivity contribution >= 4 is 10.9 Å². The average molecular weight is 718 g/mol. The summed E-state index contributed by atoms with van der Waals surface area (Å²) >= 11 is 0. The number of aromatic nitrogens is 1. The molecule has 3 unspecified atom stereocenters. The second kappa shape index (κ2) is 21.0. The lowest BCUT2D eigenvalue weighted by Gasteiger charge is -2.29. The lowest BCUT2D eigenvalue weighted by atomic mass is 10.0. The van der Waals surface area contributed by atoms with E-state index in [1.54, 1.807) is 0 Å². The Kier molecular flexibility index (Phi) is 15.6. The van der Waals surface area contributed by atoms with Crippen LogP contribution in [0, 0.1) is 0 Å². The molecular formula is C44H63NO7. The highest BCUT2D eigenvalue weighted by molar-refractivity contribution is 5.92. The van der Waals surface area contributed by atoms with Crippen molar-refractivity contribution in [1.29, 1.82) is 0 Å². The molecule has 4 heterocycles. The molecule has 0 N–H and O–H groups in total. The monoisotopic (exact) mass is 717 g/mol. The molecule has 3 saturated heterocycles. The van der Waals surface area contributed by atoms with Crippen molar-refractivity contribution in [2.75, 3.05) is 19.8 Å². The molecule has 0 spiro atoms. The smallest absolute Gasteiger partial charge is 0.235 e. The fourth-order valence-corrected chi connectivity index (χ4v) is 7.82. The summed E-state index contributed by atoms with van der Waals surface area (Å²) in [6.45, 7) is 4.96. The molecule has 3 aliphatic heterocycles. The van der Waals surface area contributed by atoms with E-state index >= 15 is 0 Å². The molecule has 0 saturated carbocycles. The minimum Gasteiger partial charge on any atom is -0.465 e. The van der Waals surface area contributed by atoms with Gasteiger partial charge in [0.05, 0.1) is 36.4 Å². The van der Waals surface area contributed by atoms with Crippen LogP contribution in [0.15, 0.2) is 47.3 Å². The van der Waals surface area contributed by atoms with Crippen molar-refractivity contribution in [3.63, 3.8) is 0 Å². The average Bonchev–Trinajstić information content (AvgIpc) is 3.18. The number of nitrogens with zero attached hydrogens (tertiary/aromatic N) is 1. The Labute approximate surface area is 311 Å². The van der Waals surface area contributed by atoms with Gasteiger partial charge in [-0.25, -0.2) is 0 Å². The summed E-state index contributed by atoms with van der Waals surface area (Å²) in [5, 5.41) is 0.496. The summed E-state index contributed by atoms with van der Waals surface area (Å²) < 4.78 is 40.1. The zero-order valence-electron chi connectivity index (χ0n) is 31.8. The van der Waals surface area contributed by atoms with Gasteiger partial charge in [-0.15, -0.1) is 0 Å². The van der Waals surface area contributed by atoms with Crippen LogP contribution in [0.4, 0.5) is 0 Å². The van der Waals surface area contributed by atoms with E-state index in [1.807, 2.05) is 30.3 Å². The number of aryl methyl sites for hydroxylation is 1. The lowest BCUT2D eigenvalue weighted by molar-refractivity contribution is -0.108. The standard InChI is InChI=1S/C44H63NO7/c1-2-3-4-5-6-7-8-9-10-11-12-19-28-45-36-32-35(50-38-25-16-20-29-47-38)33-37(51-39-26-17-21-30-48-39)41(36)43(46)44(52-40-27-18-22-31-49-40)42(45)34-23-14-13-15-24-34/h13-15,23-24,32-33,38-40H,2-12,16-22,25-31H2,1H3. The van der Waals surface area contributed by atoms with Gasteiger partial charge in [0, 0.05) is 43.5 Å². The molecule has 6 rings (SSSR count). The molecule has 8 nitrogen and oxygen atoms in total. The van der Waals surface area contributed by atoms with E-state index in [4.69, 9.17) is 28.4 Å². The van der Waals surface area contributed by atoms with E-state index in [-0.39, 0.29) is 11.7 Å². The van der Waals surface area contributed by atoms with E-state index in [9.17, 15) is 4.79 Å². The van der Waals surface area contributed by atoms with Gasteiger partial charge >= 0.3 is 0 Å². The normalized spacial score (nSPS) is 20.9. The highest BCUT2D eigenvalue weighted by Crippen LogP contribution is 2.39. The first kappa shape index (κ1) is 38.6. The summed E-state index contributed by atoms with van der Waals surface area (Å²) in [5.41, 5.74) is 2.30. The Morgan fingerprint density at radius 1 is 0.635 bits per heavy atom. The van der Waals surface area contributed by atoms with Crippen molar-refractivity contribution in [3.05, 3.63) is 52.7 Å². The molecule has 0 amide bonds. The molecule has 8 heteroatoms. The van der Waals surface area contributed by atoms with Crippen LogP contribution in [-0.2, 0) is 20.8 Å². The van der Waals surface area contributed by atoms with Gasteiger partial charge in [-0.05, 0) is 44.9 Å². The Balaban J connectivity index is 1.34. The number of hydrogen-bond donors (Lipinski definition) is 0. The van der Waals surface area contributed by atoms with Crippen LogP contribution < -0.4 is 19.6 Å². The van der Waals surface area contributed by atoms with E-state index in [2.05, 4.69) is 23.6 Å². The molecule has 3 aromatic rings. The van der Waals surface area contributed by atoms with Crippen LogP contribution >= 0.6 is 0 Å². The molecule has 286 valence electrons. The van der Waals surface area contributed by atoms with Gasteiger partial charge in [0.2, 0.25) is 5.43 Å². The van der Waals surface area contributed by atoms with Gasteiger partial charge in [0.15, 0.2) is 24.6 Å². The molecule has 3 atom stereocenters. The van der Waals surface area contributed by atoms with Gasteiger partial charge in [-0.2, -0.15) is 0 Å². The van der Waals surface area contributed by atoms with Crippen LogP contribution in [0.25, 0.3) is 22.2 Å². The van der Waals surface area contributed by atoms with Crippen molar-refractivity contribution in [2.45, 2.75) is 167 Å². The quantitative estimate of drug-likeness (QED) is 0.108. The SMILES string of the molecule is CCCCCCCCCCCCCCn1c(-c2ccccc2)c(OC2CCCCO2)c(=O)c2c(OC3CCCCO3)cc(OC3CCCCO3)cc21. The predicted molar refractivity (Wildman–Crippen MR) is 207 cm³/mol. The van der Waals surface area contributed by atoms with Crippen LogP contribution in [0.5, 0.6) is 17.2 Å². The van der Waals surface area contributed by atoms with Gasteiger partial charge in [0.1, 0.15) is 11.5 Å². The number of pyridine rings is 1. The Bertz CT molecular complexity index is 1540. The van der Waals surface area contributed by atoms with Gasteiger partial charge < -0.3 is 33.0 Å². The first-order valence-electron chi connectivity index (χ1n) is 20.9. The maximum Gasteiger partial charge on any atom is 0.235 e. The van der Waals surface area contributed by atoms with E-state index in [0.29, 0.717) is 42.5 Å². The van der Waals surface area contributed by atoms with Gasteiger partial charge in [-0.1, -0.05) is 108 Å². The molecule has 0 bridgehead atoms. The van der Waals surface area contributed by atoms with E-state index in [0.717, 1.165) is 93.9 Å². The van der Waals surface area contributed by atoms with E-state index < -0.39 is 12.6 Å². The number of fused-ring (bicyclic) bond motifs is 1. The third kappa shape index (κ3) is 11.0. The fourth-order valence-electron chi connectivity index (χ4n) is 7.82. The first-order chi connectivity index (χ1) is 25.7. The van der Waals surface area contributed by atoms with Crippen LogP contribution in [0.1, 0.15) is 142 Å². The maximum absolute atomic E-state index is 14.9. The number of benzene rings is 2. The Morgan fingerprint density at radius 2 is 1.17 bits per heavy atom. The maximum atomic E-state index is 14.9. The zero-order valence-corrected chi connectivity index (χ0v) is 31.8. The highest BCUT2D eigenvalue weighted by atomic mass is 16.7. The molecule has 3 aliphatic rings. The summed E-state index contributed by atoms with van der Waals surface area (Å²) in [5.74, 6) is 1.43. The van der Waals surface area contributed by atoms with Crippen molar-refractivity contribution in [3.8, 4) is 28.5 Å². The molecule has 1 aromatic heterocycles. The highest BCUT2D eigenvalue weighted by Gasteiger charge is 2.28. The summed E-state index contributed by atoms with van der Waals surface area (Å²) in [7, 11) is 0. The number of hydrogen-bond acceptors (Lipinski definition) is 7. The topological polar surface area (TPSA) is 77.4 Å². The number of unbranched alkanes of at least 4 members (excludes halogenated alkanes) is 11. The van der Waals surface area contributed by atoms with E-state index in [1.165, 1.54) is 64.2 Å². The predicted octanol–water partition coefficient (Wildman–Crippen LogP) is 11.1. The molecule has 0 aliphatic carbocycles. The summed E-state index contributed by atoms with van der Waals surface area (Å²) in [6, 6.07) is 14.1. The second-order valence-corrected chi connectivity index (χ2v) is 15.0. The first-order valence-corrected chi connectivity index (χ1v) is 20.9. The molecular weight excluding hydrogens is 654 g/mol. The summed E-state index contributed by atoms with van der Waals surface area (Å²) in [4.78, 5) is 14.9. The minimum absolute atomic E-state index is 0.194. The van der Waals surface area contributed by atoms with Crippen molar-refractivity contribution < 1.29 is 28.4 Å². The molecule has 2 aromatic carbocycles. The molecule has 0 radical (unpaired) electrons. The number of rotatable bonds is 20. The van der Waals surface area contributed by atoms with Crippen molar-refractivity contribution in [1.82, 2.24) is 4.57 Å². The molecule has 3 fully saturated rings.